The molecule has 2 aliphatic carbocycles. The van der Waals surface area contributed by atoms with Crippen LogP contribution >= 0.6 is 0 Å². The van der Waals surface area contributed by atoms with E-state index in [1.54, 1.807) is 0 Å². The van der Waals surface area contributed by atoms with Crippen molar-refractivity contribution in [1.82, 2.24) is 15.2 Å². The minimum Gasteiger partial charge on any atom is -0.491 e. The van der Waals surface area contributed by atoms with Gasteiger partial charge in [0.15, 0.2) is 11.4 Å². The molecule has 1 amide bonds. The molecule has 1 unspecified atom stereocenters. The lowest BCUT2D eigenvalue weighted by Gasteiger charge is -2.26. The second kappa shape index (κ2) is 7.52. The highest BCUT2D eigenvalue weighted by atomic mass is 16.5. The third-order valence-electron chi connectivity index (χ3n) is 5.32. The third-order valence-corrected chi connectivity index (χ3v) is 5.32. The summed E-state index contributed by atoms with van der Waals surface area (Å²) < 4.78 is 5.96. The molecule has 3 aliphatic rings. The number of rotatable bonds is 8. The van der Waals surface area contributed by atoms with Gasteiger partial charge in [-0.25, -0.2) is 4.98 Å². The summed E-state index contributed by atoms with van der Waals surface area (Å²) in [6.45, 7) is 1.31. The van der Waals surface area contributed by atoms with E-state index in [4.69, 9.17) is 4.74 Å². The van der Waals surface area contributed by atoms with Crippen molar-refractivity contribution in [3.63, 3.8) is 0 Å². The van der Waals surface area contributed by atoms with Gasteiger partial charge in [-0.3, -0.25) is 4.79 Å². The monoisotopic (exact) mass is 353 g/mol. The van der Waals surface area contributed by atoms with E-state index in [-0.39, 0.29) is 5.91 Å². The maximum absolute atomic E-state index is 12.6. The Morgan fingerprint density at radius 1 is 1.31 bits per heavy atom. The number of nitrogens with zero attached hydrogens (tertiary/aromatic N) is 2. The summed E-state index contributed by atoms with van der Waals surface area (Å²) in [7, 11) is 2.05. The maximum Gasteiger partial charge on any atom is 0.273 e. The van der Waals surface area contributed by atoms with Crippen molar-refractivity contribution < 1.29 is 9.53 Å². The van der Waals surface area contributed by atoms with Gasteiger partial charge < -0.3 is 15.0 Å². The van der Waals surface area contributed by atoms with E-state index in [1.807, 2.05) is 18.3 Å². The van der Waals surface area contributed by atoms with Crippen molar-refractivity contribution in [2.75, 3.05) is 20.2 Å². The van der Waals surface area contributed by atoms with Crippen LogP contribution in [0.3, 0.4) is 0 Å². The van der Waals surface area contributed by atoms with Crippen LogP contribution in [-0.4, -0.2) is 42.0 Å². The summed E-state index contributed by atoms with van der Waals surface area (Å²) in [6, 6.07) is 2.35. The minimum atomic E-state index is -0.142. The molecule has 5 nitrogen and oxygen atoms in total. The number of ether oxygens (including phenoxy) is 1. The van der Waals surface area contributed by atoms with Crippen LogP contribution in [-0.2, 0) is 0 Å². The Morgan fingerprint density at radius 3 is 2.88 bits per heavy atom. The molecule has 1 aliphatic heterocycles. The van der Waals surface area contributed by atoms with Crippen molar-refractivity contribution in [1.29, 1.82) is 0 Å². The Bertz CT molecular complexity index is 720. The molecule has 5 heteroatoms. The zero-order valence-electron chi connectivity index (χ0n) is 15.4. The number of nitrogens with one attached hydrogen (secondary N) is 1. The molecule has 0 saturated heterocycles. The van der Waals surface area contributed by atoms with E-state index < -0.39 is 0 Å². The Hall–Kier alpha value is -2.30. The van der Waals surface area contributed by atoms with Gasteiger partial charge >= 0.3 is 0 Å². The van der Waals surface area contributed by atoms with Gasteiger partial charge in [-0.1, -0.05) is 12.2 Å². The molecule has 1 aromatic rings. The lowest BCUT2D eigenvalue weighted by molar-refractivity contribution is 0.0941. The number of carbonyl (C=O) groups excluding carboxylic acids is 1. The first-order valence-electron chi connectivity index (χ1n) is 9.68. The topological polar surface area (TPSA) is 54.5 Å². The largest absolute Gasteiger partial charge is 0.491 e. The smallest absolute Gasteiger partial charge is 0.273 e. The average Bonchev–Trinajstić information content (AvgIpc) is 3.55. The molecule has 1 N–H and O–H groups in total. The van der Waals surface area contributed by atoms with E-state index >= 15 is 0 Å². The second-order valence-electron chi connectivity index (χ2n) is 7.65. The highest BCUT2D eigenvalue weighted by Crippen LogP contribution is 2.41. The van der Waals surface area contributed by atoms with Crippen LogP contribution in [0.4, 0.5) is 0 Å². The first kappa shape index (κ1) is 17.1. The number of hydrogen-bond acceptors (Lipinski definition) is 4. The number of allylic oxidation sites excluding steroid dienone is 2. The van der Waals surface area contributed by atoms with Gasteiger partial charge in [0.1, 0.15) is 0 Å². The van der Waals surface area contributed by atoms with Crippen LogP contribution in [0.25, 0.3) is 0 Å². The Morgan fingerprint density at radius 2 is 2.15 bits per heavy atom. The predicted octanol–water partition coefficient (Wildman–Crippen LogP) is 3.25. The highest BCUT2D eigenvalue weighted by Gasteiger charge is 2.27. The van der Waals surface area contributed by atoms with E-state index in [1.165, 1.54) is 31.2 Å². The number of carbonyl (C=O) groups is 1. The standard InChI is InChI=1S/C21H27N3O2/c1-24-11-3-2-4-18(24)9-10-22-21(25)20-19(26-14-15-5-6-15)12-17(13-23-20)16-7-8-16/h2-4,11-13,15-16,18H,5-10,14H2,1H3,(H,22,25). The van der Waals surface area contributed by atoms with Gasteiger partial charge in [-0.2, -0.15) is 0 Å². The summed E-state index contributed by atoms with van der Waals surface area (Å²) >= 11 is 0. The number of amides is 1. The maximum atomic E-state index is 12.6. The van der Waals surface area contributed by atoms with Gasteiger partial charge in [0.25, 0.3) is 5.91 Å². The van der Waals surface area contributed by atoms with Gasteiger partial charge in [-0.15, -0.1) is 0 Å². The minimum absolute atomic E-state index is 0.142. The van der Waals surface area contributed by atoms with Crippen molar-refractivity contribution in [3.05, 3.63) is 47.9 Å². The van der Waals surface area contributed by atoms with Gasteiger partial charge in [0.2, 0.25) is 0 Å². The molecule has 0 bridgehead atoms. The summed E-state index contributed by atoms with van der Waals surface area (Å²) in [4.78, 5) is 19.2. The molecule has 138 valence electrons. The summed E-state index contributed by atoms with van der Waals surface area (Å²) in [5.74, 6) is 1.76. The molecule has 1 aromatic heterocycles. The van der Waals surface area contributed by atoms with Crippen molar-refractivity contribution in [3.8, 4) is 5.75 Å². The molecule has 0 spiro atoms. The second-order valence-corrected chi connectivity index (χ2v) is 7.65. The SMILES string of the molecule is CN1C=CC=CC1CCNC(=O)c1ncc(C2CC2)cc1OCC1CC1. The zero-order chi connectivity index (χ0) is 17.9. The molecular weight excluding hydrogens is 326 g/mol. The molecule has 2 fully saturated rings. The summed E-state index contributed by atoms with van der Waals surface area (Å²) in [5, 5.41) is 3.01. The third kappa shape index (κ3) is 4.26. The molecule has 26 heavy (non-hydrogen) atoms. The molecule has 1 atom stereocenters. The fourth-order valence-electron chi connectivity index (χ4n) is 3.21. The Labute approximate surface area is 155 Å². The van der Waals surface area contributed by atoms with Gasteiger partial charge in [0, 0.05) is 25.8 Å². The van der Waals surface area contributed by atoms with Crippen LogP contribution in [0.5, 0.6) is 5.75 Å². The van der Waals surface area contributed by atoms with Crippen molar-refractivity contribution >= 4 is 5.91 Å². The number of pyridine rings is 1. The molecule has 2 saturated carbocycles. The van der Waals surface area contributed by atoms with Crippen LogP contribution < -0.4 is 10.1 Å². The summed E-state index contributed by atoms with van der Waals surface area (Å²) in [5.41, 5.74) is 1.62. The van der Waals surface area contributed by atoms with Gasteiger partial charge in [-0.05, 0) is 67.8 Å². The molecule has 0 aromatic carbocycles. The van der Waals surface area contributed by atoms with Crippen LogP contribution in [0.15, 0.2) is 36.7 Å². The fourth-order valence-corrected chi connectivity index (χ4v) is 3.21. The Balaban J connectivity index is 1.37. The summed E-state index contributed by atoms with van der Waals surface area (Å²) in [6.07, 6.45) is 15.9. The lowest BCUT2D eigenvalue weighted by atomic mass is 10.1. The number of aromatic nitrogens is 1. The van der Waals surface area contributed by atoms with Crippen LogP contribution in [0.1, 0.15) is 54.1 Å². The van der Waals surface area contributed by atoms with E-state index in [9.17, 15) is 4.79 Å². The molecular formula is C21H27N3O2. The van der Waals surface area contributed by atoms with E-state index in [0.717, 1.165) is 6.42 Å². The Kier molecular flexibility index (Phi) is 4.96. The highest BCUT2D eigenvalue weighted by molar-refractivity contribution is 5.95. The molecule has 4 rings (SSSR count). The average molecular weight is 353 g/mol. The molecule has 0 radical (unpaired) electrons. The lowest BCUT2D eigenvalue weighted by Crippen LogP contribution is -2.33. The predicted molar refractivity (Wildman–Crippen MR) is 101 cm³/mol. The van der Waals surface area contributed by atoms with E-state index in [0.29, 0.717) is 42.5 Å². The number of likely N-dealkylation sites (N-methyl/N-ethyl adjacent to an activating group) is 1. The van der Waals surface area contributed by atoms with Gasteiger partial charge in [0.05, 0.1) is 6.61 Å². The zero-order valence-corrected chi connectivity index (χ0v) is 15.4. The van der Waals surface area contributed by atoms with Crippen LogP contribution in [0, 0.1) is 5.92 Å². The van der Waals surface area contributed by atoms with Crippen molar-refractivity contribution in [2.45, 2.75) is 44.1 Å². The van der Waals surface area contributed by atoms with Crippen LogP contribution in [0.2, 0.25) is 0 Å². The van der Waals surface area contributed by atoms with E-state index in [2.05, 4.69) is 40.6 Å². The normalized spacial score (nSPS) is 21.7. The number of hydrogen-bond donors (Lipinski definition) is 1. The fraction of sp³-hybridized carbons (Fsp3) is 0.524. The molecule has 2 heterocycles. The van der Waals surface area contributed by atoms with Crippen molar-refractivity contribution in [2.24, 2.45) is 5.92 Å². The first-order chi connectivity index (χ1) is 12.7. The quantitative estimate of drug-likeness (QED) is 0.779. The first-order valence-corrected chi connectivity index (χ1v) is 9.68.